The number of halogens is 2. The van der Waals surface area contributed by atoms with E-state index in [0.717, 1.165) is 5.69 Å². The van der Waals surface area contributed by atoms with Crippen LogP contribution < -0.4 is 11.3 Å². The summed E-state index contributed by atoms with van der Waals surface area (Å²) < 4.78 is 27.8. The molecule has 0 radical (unpaired) electrons. The third-order valence-electron chi connectivity index (χ3n) is 3.62. The molecule has 2 rings (SSSR count). The molecule has 1 atom stereocenters. The summed E-state index contributed by atoms with van der Waals surface area (Å²) in [6.45, 7) is 0. The molecule has 0 amide bonds. The number of nitrogens with two attached hydrogens (primary N) is 1. The Labute approximate surface area is 105 Å². The van der Waals surface area contributed by atoms with E-state index < -0.39 is 5.92 Å². The first-order valence-electron chi connectivity index (χ1n) is 6.19. The van der Waals surface area contributed by atoms with Gasteiger partial charge in [-0.25, -0.2) is 8.78 Å². The Morgan fingerprint density at radius 3 is 2.72 bits per heavy atom. The highest BCUT2D eigenvalue weighted by molar-refractivity contribution is 4.98. The van der Waals surface area contributed by atoms with E-state index in [9.17, 15) is 8.78 Å². The smallest absolute Gasteiger partial charge is 0.248 e. The van der Waals surface area contributed by atoms with Crippen molar-refractivity contribution in [3.05, 3.63) is 11.9 Å². The van der Waals surface area contributed by atoms with Gasteiger partial charge in [-0.2, -0.15) is 0 Å². The highest BCUT2D eigenvalue weighted by Gasteiger charge is 2.37. The number of hydrogen-bond donors (Lipinski definition) is 2. The van der Waals surface area contributed by atoms with Gasteiger partial charge in [-0.1, -0.05) is 5.21 Å². The van der Waals surface area contributed by atoms with E-state index in [2.05, 4.69) is 15.7 Å². The van der Waals surface area contributed by atoms with Gasteiger partial charge < -0.3 is 0 Å². The van der Waals surface area contributed by atoms with Crippen LogP contribution in [0.5, 0.6) is 0 Å². The van der Waals surface area contributed by atoms with Crippen molar-refractivity contribution in [3.8, 4) is 0 Å². The van der Waals surface area contributed by atoms with Crippen LogP contribution in [0.15, 0.2) is 6.20 Å². The van der Waals surface area contributed by atoms with Crippen molar-refractivity contribution in [2.45, 2.75) is 44.1 Å². The summed E-state index contributed by atoms with van der Waals surface area (Å²) in [5, 5.41) is 7.85. The first-order valence-corrected chi connectivity index (χ1v) is 6.19. The molecule has 1 heterocycles. The molecule has 0 spiro atoms. The van der Waals surface area contributed by atoms with Gasteiger partial charge in [0.15, 0.2) is 0 Å². The van der Waals surface area contributed by atoms with Crippen LogP contribution in [-0.4, -0.2) is 27.0 Å². The Bertz CT molecular complexity index is 383. The summed E-state index contributed by atoms with van der Waals surface area (Å²) in [7, 11) is 1.79. The Morgan fingerprint density at radius 1 is 1.56 bits per heavy atom. The van der Waals surface area contributed by atoms with Crippen molar-refractivity contribution >= 4 is 0 Å². The lowest BCUT2D eigenvalue weighted by molar-refractivity contribution is -0.0495. The van der Waals surface area contributed by atoms with Gasteiger partial charge in [0.2, 0.25) is 5.92 Å². The van der Waals surface area contributed by atoms with E-state index in [1.165, 1.54) is 0 Å². The second-order valence-electron chi connectivity index (χ2n) is 5.05. The van der Waals surface area contributed by atoms with Crippen molar-refractivity contribution in [1.82, 2.24) is 20.4 Å². The quantitative estimate of drug-likeness (QED) is 0.625. The SMILES string of the molecule is Cn1cc(CC(NN)C2CCC(F)(F)CC2)nn1. The molecule has 3 N–H and O–H groups in total. The summed E-state index contributed by atoms with van der Waals surface area (Å²) in [5.74, 6) is 3.21. The minimum absolute atomic E-state index is 0.0159. The van der Waals surface area contributed by atoms with Crippen molar-refractivity contribution in [1.29, 1.82) is 0 Å². The fraction of sp³-hybridized carbons (Fsp3) is 0.818. The molecule has 5 nitrogen and oxygen atoms in total. The molecule has 1 aliphatic rings. The molecular weight excluding hydrogens is 240 g/mol. The first kappa shape index (κ1) is 13.4. The highest BCUT2D eigenvalue weighted by Crippen LogP contribution is 2.37. The van der Waals surface area contributed by atoms with Crippen molar-refractivity contribution < 1.29 is 8.78 Å². The van der Waals surface area contributed by atoms with E-state index in [4.69, 9.17) is 5.84 Å². The second-order valence-corrected chi connectivity index (χ2v) is 5.05. The summed E-state index contributed by atoms with van der Waals surface area (Å²) in [4.78, 5) is 0. The van der Waals surface area contributed by atoms with Crippen LogP contribution >= 0.6 is 0 Å². The molecule has 7 heteroatoms. The third kappa shape index (κ3) is 3.23. The maximum absolute atomic E-state index is 13.1. The van der Waals surface area contributed by atoms with Gasteiger partial charge in [0.25, 0.3) is 0 Å². The Hall–Kier alpha value is -1.08. The molecular formula is C11H19F2N5. The van der Waals surface area contributed by atoms with E-state index in [1.807, 2.05) is 6.20 Å². The fourth-order valence-electron chi connectivity index (χ4n) is 2.54. The van der Waals surface area contributed by atoms with Crippen LogP contribution in [-0.2, 0) is 13.5 Å². The monoisotopic (exact) mass is 259 g/mol. The topological polar surface area (TPSA) is 68.8 Å². The predicted molar refractivity (Wildman–Crippen MR) is 62.7 cm³/mol. The third-order valence-corrected chi connectivity index (χ3v) is 3.62. The Kier molecular flexibility index (Phi) is 3.91. The summed E-state index contributed by atoms with van der Waals surface area (Å²) in [6.07, 6.45) is 3.36. The number of hydrogen-bond acceptors (Lipinski definition) is 4. The fourth-order valence-corrected chi connectivity index (χ4v) is 2.54. The summed E-state index contributed by atoms with van der Waals surface area (Å²) in [5.41, 5.74) is 3.57. The maximum atomic E-state index is 13.1. The normalized spacial score (nSPS) is 22.0. The van der Waals surface area contributed by atoms with E-state index in [-0.39, 0.29) is 24.8 Å². The van der Waals surface area contributed by atoms with E-state index in [0.29, 0.717) is 19.3 Å². The molecule has 1 saturated carbocycles. The van der Waals surface area contributed by atoms with Crippen molar-refractivity contribution in [3.63, 3.8) is 0 Å². The molecule has 1 aromatic rings. The zero-order valence-electron chi connectivity index (χ0n) is 10.4. The minimum Gasteiger partial charge on any atom is -0.271 e. The Morgan fingerprint density at radius 2 is 2.22 bits per heavy atom. The molecule has 1 unspecified atom stereocenters. The average molecular weight is 259 g/mol. The average Bonchev–Trinajstić information content (AvgIpc) is 2.72. The Balaban J connectivity index is 1.93. The zero-order chi connectivity index (χ0) is 13.2. The standard InChI is InChI=1S/C11H19F2N5/c1-18-7-9(16-17-18)6-10(15-14)8-2-4-11(12,13)5-3-8/h7-8,10,15H,2-6,14H2,1H3. The lowest BCUT2D eigenvalue weighted by atomic mass is 9.81. The number of hydrazine groups is 1. The van der Waals surface area contributed by atoms with Gasteiger partial charge in [0.1, 0.15) is 0 Å². The minimum atomic E-state index is -2.50. The number of aryl methyl sites for hydroxylation is 1. The molecule has 0 bridgehead atoms. The highest BCUT2D eigenvalue weighted by atomic mass is 19.3. The summed E-state index contributed by atoms with van der Waals surface area (Å²) >= 11 is 0. The van der Waals surface area contributed by atoms with Gasteiger partial charge in [0.05, 0.1) is 5.69 Å². The molecule has 0 aliphatic heterocycles. The van der Waals surface area contributed by atoms with Crippen molar-refractivity contribution in [2.24, 2.45) is 18.8 Å². The van der Waals surface area contributed by atoms with Crippen LogP contribution in [0.1, 0.15) is 31.4 Å². The lowest BCUT2D eigenvalue weighted by Crippen LogP contribution is -2.44. The molecule has 102 valence electrons. The van der Waals surface area contributed by atoms with E-state index >= 15 is 0 Å². The number of nitrogens with one attached hydrogen (secondary N) is 1. The van der Waals surface area contributed by atoms with Crippen LogP contribution in [0, 0.1) is 5.92 Å². The van der Waals surface area contributed by atoms with Gasteiger partial charge in [-0.3, -0.25) is 16.0 Å². The van der Waals surface area contributed by atoms with Crippen LogP contribution in [0.25, 0.3) is 0 Å². The molecule has 0 aromatic carbocycles. The molecule has 0 saturated heterocycles. The van der Waals surface area contributed by atoms with Crippen LogP contribution in [0.2, 0.25) is 0 Å². The zero-order valence-corrected chi connectivity index (χ0v) is 10.4. The first-order chi connectivity index (χ1) is 8.50. The van der Waals surface area contributed by atoms with Gasteiger partial charge in [-0.05, 0) is 18.8 Å². The maximum Gasteiger partial charge on any atom is 0.248 e. The number of nitrogens with zero attached hydrogens (tertiary/aromatic N) is 3. The number of alkyl halides is 2. The second kappa shape index (κ2) is 5.27. The number of rotatable bonds is 4. The van der Waals surface area contributed by atoms with Gasteiger partial charge >= 0.3 is 0 Å². The van der Waals surface area contributed by atoms with Gasteiger partial charge in [-0.15, -0.1) is 5.10 Å². The van der Waals surface area contributed by atoms with Crippen LogP contribution in [0.3, 0.4) is 0 Å². The molecule has 1 fully saturated rings. The van der Waals surface area contributed by atoms with Crippen molar-refractivity contribution in [2.75, 3.05) is 0 Å². The van der Waals surface area contributed by atoms with Gasteiger partial charge in [0, 0.05) is 38.5 Å². The molecule has 1 aliphatic carbocycles. The molecule has 18 heavy (non-hydrogen) atoms. The molecule has 1 aromatic heterocycles. The predicted octanol–water partition coefficient (Wildman–Crippen LogP) is 1.01. The largest absolute Gasteiger partial charge is 0.271 e. The lowest BCUT2D eigenvalue weighted by Gasteiger charge is -2.33. The number of aromatic nitrogens is 3. The van der Waals surface area contributed by atoms with Crippen LogP contribution in [0.4, 0.5) is 8.78 Å². The summed E-state index contributed by atoms with van der Waals surface area (Å²) in [6, 6.07) is -0.0159. The van der Waals surface area contributed by atoms with E-state index in [1.54, 1.807) is 11.7 Å².